The average Bonchev–Trinajstić information content (AvgIpc) is 2.31. The monoisotopic (exact) mass is 228 g/mol. The van der Waals surface area contributed by atoms with Crippen LogP contribution in [0.1, 0.15) is 11.1 Å². The second-order valence-electron chi connectivity index (χ2n) is 4.03. The van der Waals surface area contributed by atoms with Crippen molar-refractivity contribution in [2.75, 3.05) is 0 Å². The molecule has 0 fully saturated rings. The Morgan fingerprint density at radius 3 is 1.44 bits per heavy atom. The molecular weight excluding hydrogens is 212 g/mol. The summed E-state index contributed by atoms with van der Waals surface area (Å²) >= 11 is 0. The third-order valence-corrected chi connectivity index (χ3v) is 4.51. The highest BCUT2D eigenvalue weighted by Gasteiger charge is 2.08. The molecule has 0 saturated carbocycles. The van der Waals surface area contributed by atoms with Crippen molar-refractivity contribution in [1.29, 1.82) is 0 Å². The highest BCUT2D eigenvalue weighted by molar-refractivity contribution is 6.49. The van der Waals surface area contributed by atoms with E-state index in [0.717, 1.165) is 12.1 Å². The van der Waals surface area contributed by atoms with Gasteiger partial charge in [-0.1, -0.05) is 60.7 Å². The summed E-state index contributed by atoms with van der Waals surface area (Å²) in [5, 5.41) is 0. The molecule has 0 amide bonds. The molecule has 0 saturated heterocycles. The lowest BCUT2D eigenvalue weighted by molar-refractivity contribution is 0.565. The first kappa shape index (κ1) is 11.1. The first-order chi connectivity index (χ1) is 7.84. The van der Waals surface area contributed by atoms with Crippen molar-refractivity contribution >= 4 is 9.04 Å². The summed E-state index contributed by atoms with van der Waals surface area (Å²) in [4.78, 5) is 10.1. The molecule has 0 bridgehead atoms. The highest BCUT2D eigenvalue weighted by Crippen LogP contribution is 2.06. The van der Waals surface area contributed by atoms with Crippen molar-refractivity contribution in [2.45, 2.75) is 12.1 Å². The summed E-state index contributed by atoms with van der Waals surface area (Å²) < 4.78 is 0. The van der Waals surface area contributed by atoms with Gasteiger partial charge in [-0.15, -0.1) is 0 Å². The van der Waals surface area contributed by atoms with Gasteiger partial charge in [0.1, 0.15) is 0 Å². The van der Waals surface area contributed by atoms with Gasteiger partial charge in [0.25, 0.3) is 0 Å². The smallest absolute Gasteiger partial charge is 0.181 e. The van der Waals surface area contributed by atoms with E-state index >= 15 is 0 Å². The first-order valence-electron chi connectivity index (χ1n) is 5.60. The maximum atomic E-state index is 10.1. The molecule has 0 heterocycles. The second-order valence-corrected chi connectivity index (χ2v) is 6.16. The van der Waals surface area contributed by atoms with Crippen molar-refractivity contribution in [3.8, 4) is 0 Å². The lowest BCUT2D eigenvalue weighted by atomic mass is 10.2. The van der Waals surface area contributed by atoms with Gasteiger partial charge in [-0.2, -0.15) is 0 Å². The molecule has 0 atom stereocenters. The van der Waals surface area contributed by atoms with Crippen LogP contribution in [0.2, 0.25) is 0 Å². The van der Waals surface area contributed by atoms with Crippen molar-refractivity contribution in [1.82, 2.24) is 0 Å². The summed E-state index contributed by atoms with van der Waals surface area (Å²) in [5.41, 5.74) is 2.50. The minimum atomic E-state index is -1.66. The number of hydrogen-bond acceptors (Lipinski definition) is 1. The zero-order valence-corrected chi connectivity index (χ0v) is 10.4. The van der Waals surface area contributed by atoms with Gasteiger partial charge in [-0.3, -0.25) is 0 Å². The largest absolute Gasteiger partial charge is 0.434 e. The zero-order chi connectivity index (χ0) is 11.2. The molecule has 2 heteroatoms. The van der Waals surface area contributed by atoms with Crippen LogP contribution in [0.4, 0.5) is 0 Å². The maximum Gasteiger partial charge on any atom is 0.181 e. The SMILES string of the molecule is O[SiH](Cc1ccccc1)Cc1ccccc1. The van der Waals surface area contributed by atoms with E-state index < -0.39 is 9.04 Å². The van der Waals surface area contributed by atoms with Crippen molar-refractivity contribution in [3.05, 3.63) is 71.8 Å². The molecule has 0 aliphatic heterocycles. The summed E-state index contributed by atoms with van der Waals surface area (Å²) in [6.07, 6.45) is 0. The highest BCUT2D eigenvalue weighted by atomic mass is 28.3. The molecule has 0 aromatic heterocycles. The maximum absolute atomic E-state index is 10.1. The Bertz CT molecular complexity index is 372. The summed E-state index contributed by atoms with van der Waals surface area (Å²) in [6.45, 7) is 0. The molecule has 2 aromatic carbocycles. The Kier molecular flexibility index (Phi) is 3.91. The fourth-order valence-corrected chi connectivity index (χ4v) is 3.62. The van der Waals surface area contributed by atoms with Crippen LogP contribution in [0.5, 0.6) is 0 Å². The van der Waals surface area contributed by atoms with Crippen LogP contribution in [0.25, 0.3) is 0 Å². The van der Waals surface area contributed by atoms with Gasteiger partial charge < -0.3 is 4.80 Å². The molecule has 0 aliphatic carbocycles. The van der Waals surface area contributed by atoms with E-state index in [9.17, 15) is 4.80 Å². The van der Waals surface area contributed by atoms with Gasteiger partial charge in [0, 0.05) is 0 Å². The van der Waals surface area contributed by atoms with Gasteiger partial charge in [-0.05, 0) is 23.2 Å². The normalized spacial score (nSPS) is 10.6. The van der Waals surface area contributed by atoms with Crippen molar-refractivity contribution in [3.63, 3.8) is 0 Å². The molecule has 16 heavy (non-hydrogen) atoms. The topological polar surface area (TPSA) is 20.2 Å². The minimum absolute atomic E-state index is 0.857. The van der Waals surface area contributed by atoms with Gasteiger partial charge in [0.15, 0.2) is 9.04 Å². The first-order valence-corrected chi connectivity index (χ1v) is 7.75. The lowest BCUT2D eigenvalue weighted by Gasteiger charge is -2.08. The number of hydrogen-bond donors (Lipinski definition) is 1. The number of rotatable bonds is 4. The Morgan fingerprint density at radius 1 is 0.688 bits per heavy atom. The van der Waals surface area contributed by atoms with Gasteiger partial charge in [-0.25, -0.2) is 0 Å². The van der Waals surface area contributed by atoms with E-state index in [-0.39, 0.29) is 0 Å². The molecule has 0 unspecified atom stereocenters. The molecule has 2 aromatic rings. The van der Waals surface area contributed by atoms with Gasteiger partial charge in [0.2, 0.25) is 0 Å². The molecular formula is C14H16OSi. The van der Waals surface area contributed by atoms with E-state index in [0.29, 0.717) is 0 Å². The third kappa shape index (κ3) is 3.33. The Labute approximate surface area is 98.1 Å². The molecule has 0 spiro atoms. The van der Waals surface area contributed by atoms with Crippen LogP contribution in [-0.2, 0) is 12.1 Å². The van der Waals surface area contributed by atoms with E-state index in [1.807, 2.05) is 36.4 Å². The van der Waals surface area contributed by atoms with Crippen molar-refractivity contribution < 1.29 is 4.80 Å². The molecule has 1 N–H and O–H groups in total. The fourth-order valence-electron chi connectivity index (χ4n) is 1.84. The van der Waals surface area contributed by atoms with Crippen LogP contribution >= 0.6 is 0 Å². The summed E-state index contributed by atoms with van der Waals surface area (Å²) in [5.74, 6) is 0. The summed E-state index contributed by atoms with van der Waals surface area (Å²) in [7, 11) is -1.66. The molecule has 0 aliphatic rings. The fraction of sp³-hybridized carbons (Fsp3) is 0.143. The predicted molar refractivity (Wildman–Crippen MR) is 69.7 cm³/mol. The standard InChI is InChI=1S/C14H16OSi/c15-16(11-13-7-3-1-4-8-13)12-14-9-5-2-6-10-14/h1-10,15-16H,11-12H2. The lowest BCUT2D eigenvalue weighted by Crippen LogP contribution is -2.20. The second kappa shape index (κ2) is 5.63. The van der Waals surface area contributed by atoms with E-state index in [4.69, 9.17) is 0 Å². The summed E-state index contributed by atoms with van der Waals surface area (Å²) in [6, 6.07) is 22.2. The number of benzene rings is 2. The predicted octanol–water partition coefficient (Wildman–Crippen LogP) is 2.27. The average molecular weight is 228 g/mol. The van der Waals surface area contributed by atoms with Gasteiger partial charge >= 0.3 is 0 Å². The van der Waals surface area contributed by atoms with Crippen LogP contribution in [0.3, 0.4) is 0 Å². The molecule has 1 nitrogen and oxygen atoms in total. The Morgan fingerprint density at radius 2 is 1.06 bits per heavy atom. The van der Waals surface area contributed by atoms with Crippen LogP contribution < -0.4 is 0 Å². The quantitative estimate of drug-likeness (QED) is 0.796. The molecule has 0 radical (unpaired) electrons. The van der Waals surface area contributed by atoms with Crippen LogP contribution in [-0.4, -0.2) is 13.8 Å². The van der Waals surface area contributed by atoms with Gasteiger partial charge in [0.05, 0.1) is 0 Å². The molecule has 82 valence electrons. The third-order valence-electron chi connectivity index (χ3n) is 2.63. The Hall–Kier alpha value is -1.38. The zero-order valence-electron chi connectivity index (χ0n) is 9.21. The van der Waals surface area contributed by atoms with E-state index in [1.54, 1.807) is 0 Å². The van der Waals surface area contributed by atoms with Crippen molar-refractivity contribution in [2.24, 2.45) is 0 Å². The van der Waals surface area contributed by atoms with E-state index in [2.05, 4.69) is 24.3 Å². The van der Waals surface area contributed by atoms with Crippen LogP contribution in [0, 0.1) is 0 Å². The van der Waals surface area contributed by atoms with E-state index in [1.165, 1.54) is 11.1 Å². The Balaban J connectivity index is 1.92. The molecule has 2 rings (SSSR count). The van der Waals surface area contributed by atoms with Crippen LogP contribution in [0.15, 0.2) is 60.7 Å². The minimum Gasteiger partial charge on any atom is -0.434 e.